The third-order valence-corrected chi connectivity index (χ3v) is 4.12. The average molecular weight is 315 g/mol. The van der Waals surface area contributed by atoms with E-state index in [1.165, 1.54) is 5.56 Å². The smallest absolute Gasteiger partial charge is 0.410 e. The third kappa shape index (κ3) is 3.66. The van der Waals surface area contributed by atoms with Crippen LogP contribution in [0.4, 0.5) is 4.79 Å². The Morgan fingerprint density at radius 1 is 1.39 bits per heavy atom. The van der Waals surface area contributed by atoms with Crippen molar-refractivity contribution in [1.82, 2.24) is 14.9 Å². The van der Waals surface area contributed by atoms with Crippen molar-refractivity contribution in [3.8, 4) is 0 Å². The molecule has 0 bridgehead atoms. The van der Waals surface area contributed by atoms with E-state index in [9.17, 15) is 4.79 Å². The number of imidazole rings is 1. The number of likely N-dealkylation sites (tertiary alicyclic amines) is 1. The van der Waals surface area contributed by atoms with Crippen molar-refractivity contribution < 1.29 is 9.53 Å². The van der Waals surface area contributed by atoms with Crippen LogP contribution in [0, 0.1) is 6.92 Å². The molecular weight excluding hydrogens is 290 g/mol. The molecular formula is C18H25N3O2. The van der Waals surface area contributed by atoms with Crippen LogP contribution in [0.3, 0.4) is 0 Å². The van der Waals surface area contributed by atoms with E-state index in [4.69, 9.17) is 9.72 Å². The van der Waals surface area contributed by atoms with Crippen LogP contribution in [0.25, 0.3) is 11.0 Å². The van der Waals surface area contributed by atoms with Gasteiger partial charge in [-0.25, -0.2) is 9.78 Å². The number of aryl methyl sites for hydroxylation is 1. The zero-order valence-corrected chi connectivity index (χ0v) is 14.3. The van der Waals surface area contributed by atoms with Crippen molar-refractivity contribution in [2.75, 3.05) is 13.1 Å². The van der Waals surface area contributed by atoms with Gasteiger partial charge in [0, 0.05) is 19.0 Å². The molecule has 5 nitrogen and oxygen atoms in total. The maximum atomic E-state index is 12.3. The number of hydrogen-bond donors (Lipinski definition) is 1. The molecule has 1 fully saturated rings. The minimum Gasteiger partial charge on any atom is -0.444 e. The molecule has 1 aliphatic rings. The molecule has 2 heterocycles. The molecule has 124 valence electrons. The first-order valence-electron chi connectivity index (χ1n) is 8.26. The molecule has 1 aromatic heterocycles. The van der Waals surface area contributed by atoms with E-state index in [-0.39, 0.29) is 12.0 Å². The number of piperidine rings is 1. The molecule has 1 aromatic carbocycles. The molecule has 1 unspecified atom stereocenters. The highest BCUT2D eigenvalue weighted by Crippen LogP contribution is 2.28. The average Bonchev–Trinajstić information content (AvgIpc) is 2.88. The Bertz CT molecular complexity index is 715. The van der Waals surface area contributed by atoms with E-state index in [0.717, 1.165) is 36.2 Å². The molecule has 5 heteroatoms. The number of amides is 1. The zero-order valence-electron chi connectivity index (χ0n) is 14.3. The third-order valence-electron chi connectivity index (χ3n) is 4.12. The molecule has 2 aromatic rings. The second-order valence-electron chi connectivity index (χ2n) is 7.41. The van der Waals surface area contributed by atoms with Gasteiger partial charge in [-0.15, -0.1) is 0 Å². The first-order chi connectivity index (χ1) is 10.8. The van der Waals surface area contributed by atoms with Crippen LogP contribution >= 0.6 is 0 Å². The Balaban J connectivity index is 1.75. The number of nitrogens with one attached hydrogen (secondary N) is 1. The fourth-order valence-electron chi connectivity index (χ4n) is 3.03. The molecule has 0 radical (unpaired) electrons. The standard InChI is InChI=1S/C18H25N3O2/c1-12-7-8-14-15(10-12)20-16(19-14)13-6-5-9-21(11-13)17(22)23-18(2,3)4/h7-8,10,13H,5-6,9,11H2,1-4H3,(H,19,20). The lowest BCUT2D eigenvalue weighted by Gasteiger charge is -2.33. The van der Waals surface area contributed by atoms with Gasteiger partial charge in [0.25, 0.3) is 0 Å². The summed E-state index contributed by atoms with van der Waals surface area (Å²) in [5.74, 6) is 1.21. The van der Waals surface area contributed by atoms with Gasteiger partial charge in [-0.2, -0.15) is 0 Å². The number of H-pyrrole nitrogens is 1. The highest BCUT2D eigenvalue weighted by Gasteiger charge is 2.29. The van der Waals surface area contributed by atoms with Crippen molar-refractivity contribution in [3.05, 3.63) is 29.6 Å². The quantitative estimate of drug-likeness (QED) is 0.865. The van der Waals surface area contributed by atoms with Gasteiger partial charge < -0.3 is 14.6 Å². The fourth-order valence-corrected chi connectivity index (χ4v) is 3.03. The van der Waals surface area contributed by atoms with Gasteiger partial charge in [0.2, 0.25) is 0 Å². The lowest BCUT2D eigenvalue weighted by Crippen LogP contribution is -2.42. The summed E-state index contributed by atoms with van der Waals surface area (Å²) in [6.45, 7) is 9.18. The van der Waals surface area contributed by atoms with Gasteiger partial charge in [0.1, 0.15) is 11.4 Å². The van der Waals surface area contributed by atoms with E-state index in [2.05, 4.69) is 24.0 Å². The molecule has 23 heavy (non-hydrogen) atoms. The maximum absolute atomic E-state index is 12.3. The number of hydrogen-bond acceptors (Lipinski definition) is 3. The largest absolute Gasteiger partial charge is 0.444 e. The summed E-state index contributed by atoms with van der Waals surface area (Å²) in [6.07, 6.45) is 1.78. The predicted octanol–water partition coefficient (Wildman–Crippen LogP) is 3.99. The number of ether oxygens (including phenoxy) is 1. The summed E-state index contributed by atoms with van der Waals surface area (Å²) < 4.78 is 5.49. The fraction of sp³-hybridized carbons (Fsp3) is 0.556. The molecule has 1 amide bonds. The van der Waals surface area contributed by atoms with Crippen LogP contribution in [-0.2, 0) is 4.74 Å². The number of aromatic amines is 1. The highest BCUT2D eigenvalue weighted by molar-refractivity contribution is 5.76. The number of nitrogens with zero attached hydrogens (tertiary/aromatic N) is 2. The van der Waals surface area contributed by atoms with Gasteiger partial charge in [0.15, 0.2) is 0 Å². The van der Waals surface area contributed by atoms with Gasteiger partial charge in [-0.05, 0) is 58.2 Å². The molecule has 0 aliphatic carbocycles. The van der Waals surface area contributed by atoms with Crippen molar-refractivity contribution in [2.24, 2.45) is 0 Å². The van der Waals surface area contributed by atoms with Crippen LogP contribution < -0.4 is 0 Å². The predicted molar refractivity (Wildman–Crippen MR) is 90.6 cm³/mol. The Hall–Kier alpha value is -2.04. The van der Waals surface area contributed by atoms with Crippen molar-refractivity contribution >= 4 is 17.1 Å². The SMILES string of the molecule is Cc1ccc2nc(C3CCCN(C(=O)OC(C)(C)C)C3)[nH]c2c1. The van der Waals surface area contributed by atoms with Crippen LogP contribution in [-0.4, -0.2) is 39.7 Å². The van der Waals surface area contributed by atoms with E-state index < -0.39 is 5.60 Å². The van der Waals surface area contributed by atoms with Crippen molar-refractivity contribution in [1.29, 1.82) is 0 Å². The summed E-state index contributed by atoms with van der Waals surface area (Å²) >= 11 is 0. The Morgan fingerprint density at radius 3 is 2.91 bits per heavy atom. The maximum Gasteiger partial charge on any atom is 0.410 e. The number of carbonyl (C=O) groups excluding carboxylic acids is 1. The van der Waals surface area contributed by atoms with Crippen LogP contribution in [0.1, 0.15) is 50.9 Å². The summed E-state index contributed by atoms with van der Waals surface area (Å²) in [4.78, 5) is 22.2. The molecule has 1 atom stereocenters. The lowest BCUT2D eigenvalue weighted by molar-refractivity contribution is 0.0196. The summed E-state index contributed by atoms with van der Waals surface area (Å²) in [5, 5.41) is 0. The number of carbonyl (C=O) groups is 1. The Kier molecular flexibility index (Phi) is 4.04. The van der Waals surface area contributed by atoms with E-state index in [1.54, 1.807) is 4.90 Å². The van der Waals surface area contributed by atoms with Gasteiger partial charge in [-0.3, -0.25) is 0 Å². The second-order valence-corrected chi connectivity index (χ2v) is 7.41. The van der Waals surface area contributed by atoms with Crippen LogP contribution in [0.15, 0.2) is 18.2 Å². The monoisotopic (exact) mass is 315 g/mol. The normalized spacial score (nSPS) is 19.1. The highest BCUT2D eigenvalue weighted by atomic mass is 16.6. The number of benzene rings is 1. The molecule has 0 spiro atoms. The lowest BCUT2D eigenvalue weighted by atomic mass is 9.98. The molecule has 1 aliphatic heterocycles. The Labute approximate surface area is 137 Å². The number of aromatic nitrogens is 2. The van der Waals surface area contributed by atoms with Crippen LogP contribution in [0.5, 0.6) is 0 Å². The molecule has 1 saturated heterocycles. The first-order valence-corrected chi connectivity index (χ1v) is 8.26. The molecule has 1 N–H and O–H groups in total. The summed E-state index contributed by atoms with van der Waals surface area (Å²) in [5.41, 5.74) is 2.81. The van der Waals surface area contributed by atoms with Gasteiger partial charge in [-0.1, -0.05) is 6.07 Å². The second kappa shape index (κ2) is 5.87. The molecule has 0 saturated carbocycles. The zero-order chi connectivity index (χ0) is 16.6. The number of rotatable bonds is 1. The number of fused-ring (bicyclic) bond motifs is 1. The first kappa shape index (κ1) is 15.8. The van der Waals surface area contributed by atoms with E-state index in [1.807, 2.05) is 26.8 Å². The van der Waals surface area contributed by atoms with Crippen molar-refractivity contribution in [2.45, 2.75) is 52.1 Å². The molecule has 3 rings (SSSR count). The summed E-state index contributed by atoms with van der Waals surface area (Å²) in [7, 11) is 0. The minimum absolute atomic E-state index is 0.228. The minimum atomic E-state index is -0.457. The van der Waals surface area contributed by atoms with Crippen molar-refractivity contribution in [3.63, 3.8) is 0 Å². The Morgan fingerprint density at radius 2 is 2.17 bits per heavy atom. The van der Waals surface area contributed by atoms with E-state index >= 15 is 0 Å². The topological polar surface area (TPSA) is 58.2 Å². The summed E-state index contributed by atoms with van der Waals surface area (Å²) in [6, 6.07) is 6.22. The van der Waals surface area contributed by atoms with Gasteiger partial charge in [0.05, 0.1) is 11.0 Å². The van der Waals surface area contributed by atoms with Crippen LogP contribution in [0.2, 0.25) is 0 Å². The van der Waals surface area contributed by atoms with E-state index in [0.29, 0.717) is 6.54 Å². The van der Waals surface area contributed by atoms with Gasteiger partial charge >= 0.3 is 6.09 Å².